The first-order valence-electron chi connectivity index (χ1n) is 6.01. The molecule has 0 unspecified atom stereocenters. The van der Waals surface area contributed by atoms with Crippen molar-refractivity contribution < 1.29 is 16.8 Å². The highest BCUT2D eigenvalue weighted by Crippen LogP contribution is 2.26. The molecule has 0 bridgehead atoms. The Labute approximate surface area is 103 Å². The van der Waals surface area contributed by atoms with Crippen LogP contribution in [0.25, 0.3) is 0 Å². The van der Waals surface area contributed by atoms with E-state index in [2.05, 4.69) is 0 Å². The van der Waals surface area contributed by atoms with Crippen molar-refractivity contribution in [2.75, 3.05) is 24.6 Å². The Morgan fingerprint density at radius 1 is 1.24 bits per heavy atom. The van der Waals surface area contributed by atoms with Gasteiger partial charge in [-0.2, -0.15) is 0 Å². The van der Waals surface area contributed by atoms with E-state index in [4.69, 9.17) is 0 Å². The van der Waals surface area contributed by atoms with Crippen molar-refractivity contribution in [1.29, 1.82) is 0 Å². The van der Waals surface area contributed by atoms with Crippen LogP contribution in [0.15, 0.2) is 0 Å². The summed E-state index contributed by atoms with van der Waals surface area (Å²) in [6.45, 7) is 3.12. The molecule has 0 aromatic rings. The van der Waals surface area contributed by atoms with Crippen molar-refractivity contribution in [1.82, 2.24) is 4.31 Å². The third-order valence-corrected chi connectivity index (χ3v) is 7.87. The maximum absolute atomic E-state index is 12.3. The number of nitrogens with zero attached hydrogens (tertiary/aromatic N) is 1. The van der Waals surface area contributed by atoms with Crippen LogP contribution in [0.1, 0.15) is 26.2 Å². The molecule has 0 N–H and O–H groups in total. The molecule has 2 aliphatic heterocycles. The Kier molecular flexibility index (Phi) is 3.53. The van der Waals surface area contributed by atoms with Crippen LogP contribution in [0.4, 0.5) is 0 Å². The highest BCUT2D eigenvalue weighted by atomic mass is 32.2. The molecule has 0 amide bonds. The summed E-state index contributed by atoms with van der Waals surface area (Å²) in [5.74, 6) is 0.192. The van der Waals surface area contributed by atoms with Gasteiger partial charge >= 0.3 is 0 Å². The third-order valence-electron chi connectivity index (χ3n) is 3.59. The molecule has 2 atom stereocenters. The largest absolute Gasteiger partial charge is 0.229 e. The number of sulfonamides is 1. The van der Waals surface area contributed by atoms with Crippen molar-refractivity contribution in [2.45, 2.75) is 31.4 Å². The van der Waals surface area contributed by atoms with E-state index in [0.717, 1.165) is 12.8 Å². The van der Waals surface area contributed by atoms with Crippen molar-refractivity contribution in [3.63, 3.8) is 0 Å². The minimum absolute atomic E-state index is 0.0142. The highest BCUT2D eigenvalue weighted by molar-refractivity contribution is 7.95. The van der Waals surface area contributed by atoms with Crippen molar-refractivity contribution >= 4 is 19.9 Å². The van der Waals surface area contributed by atoms with Gasteiger partial charge in [0.15, 0.2) is 9.84 Å². The molecule has 100 valence electrons. The van der Waals surface area contributed by atoms with Crippen LogP contribution in [0.5, 0.6) is 0 Å². The van der Waals surface area contributed by atoms with Gasteiger partial charge in [0, 0.05) is 13.1 Å². The Morgan fingerprint density at radius 3 is 2.47 bits per heavy atom. The smallest absolute Gasteiger partial charge is 0.218 e. The lowest BCUT2D eigenvalue weighted by Crippen LogP contribution is -2.44. The molecule has 0 aliphatic carbocycles. The van der Waals surface area contributed by atoms with E-state index >= 15 is 0 Å². The molecule has 0 aromatic heterocycles. The van der Waals surface area contributed by atoms with Gasteiger partial charge in [-0.15, -0.1) is 0 Å². The van der Waals surface area contributed by atoms with E-state index in [1.807, 2.05) is 6.92 Å². The maximum atomic E-state index is 12.3. The van der Waals surface area contributed by atoms with Crippen LogP contribution < -0.4 is 0 Å². The predicted octanol–water partition coefficient (Wildman–Crippen LogP) is 0.235. The quantitative estimate of drug-likeness (QED) is 0.726. The second-order valence-corrected chi connectivity index (χ2v) is 9.62. The SMILES string of the molecule is C[C@@H]1CCCN(S(=O)(=O)[C@H]2CCS(=O)(=O)C2)C1. The van der Waals surface area contributed by atoms with Crippen LogP contribution in [0.3, 0.4) is 0 Å². The van der Waals surface area contributed by atoms with Gasteiger partial charge in [0.25, 0.3) is 0 Å². The molecule has 5 nitrogen and oxygen atoms in total. The lowest BCUT2D eigenvalue weighted by molar-refractivity contribution is 0.279. The first-order valence-corrected chi connectivity index (χ1v) is 9.33. The second-order valence-electron chi connectivity index (χ2n) is 5.18. The minimum Gasteiger partial charge on any atom is -0.229 e. The Morgan fingerprint density at radius 2 is 1.94 bits per heavy atom. The number of piperidine rings is 1. The molecule has 2 fully saturated rings. The Hall–Kier alpha value is -0.140. The van der Waals surface area contributed by atoms with E-state index < -0.39 is 25.1 Å². The van der Waals surface area contributed by atoms with Gasteiger partial charge in [-0.3, -0.25) is 0 Å². The number of sulfone groups is 1. The maximum Gasteiger partial charge on any atom is 0.218 e. The van der Waals surface area contributed by atoms with E-state index in [9.17, 15) is 16.8 Å². The van der Waals surface area contributed by atoms with Crippen LogP contribution >= 0.6 is 0 Å². The van der Waals surface area contributed by atoms with E-state index in [0.29, 0.717) is 19.0 Å². The molecule has 0 saturated carbocycles. The summed E-state index contributed by atoms with van der Waals surface area (Å²) in [4.78, 5) is 0. The van der Waals surface area contributed by atoms with Gasteiger partial charge in [0.1, 0.15) is 0 Å². The summed E-state index contributed by atoms with van der Waals surface area (Å²) >= 11 is 0. The van der Waals surface area contributed by atoms with Gasteiger partial charge < -0.3 is 0 Å². The molecule has 2 saturated heterocycles. The van der Waals surface area contributed by atoms with Gasteiger partial charge in [0.05, 0.1) is 16.8 Å². The minimum atomic E-state index is -3.41. The first-order chi connectivity index (χ1) is 7.81. The van der Waals surface area contributed by atoms with Crippen LogP contribution in [-0.4, -0.2) is 51.0 Å². The molecule has 2 aliphatic rings. The topological polar surface area (TPSA) is 71.5 Å². The van der Waals surface area contributed by atoms with Gasteiger partial charge in [0.2, 0.25) is 10.0 Å². The lowest BCUT2D eigenvalue weighted by atomic mass is 10.0. The predicted molar refractivity (Wildman–Crippen MR) is 65.9 cm³/mol. The van der Waals surface area contributed by atoms with E-state index in [-0.39, 0.29) is 17.9 Å². The molecule has 17 heavy (non-hydrogen) atoms. The molecule has 0 aromatic carbocycles. The van der Waals surface area contributed by atoms with Crippen molar-refractivity contribution in [3.8, 4) is 0 Å². The third kappa shape index (κ3) is 2.82. The average Bonchev–Trinajstić information content (AvgIpc) is 2.59. The molecule has 2 rings (SSSR count). The zero-order chi connectivity index (χ0) is 12.7. The van der Waals surface area contributed by atoms with E-state index in [1.165, 1.54) is 4.31 Å². The van der Waals surface area contributed by atoms with Crippen LogP contribution in [0.2, 0.25) is 0 Å². The summed E-state index contributed by atoms with van der Waals surface area (Å²) in [6.07, 6.45) is 2.18. The normalized spacial score (nSPS) is 34.9. The number of hydrogen-bond acceptors (Lipinski definition) is 4. The second kappa shape index (κ2) is 4.51. The van der Waals surface area contributed by atoms with Gasteiger partial charge in [-0.05, 0) is 25.2 Å². The highest BCUT2D eigenvalue weighted by Gasteiger charge is 2.41. The average molecular weight is 281 g/mol. The van der Waals surface area contributed by atoms with Crippen molar-refractivity contribution in [3.05, 3.63) is 0 Å². The monoisotopic (exact) mass is 281 g/mol. The summed E-state index contributed by atoms with van der Waals surface area (Å²) < 4.78 is 48.8. The molecule has 2 heterocycles. The molecule has 0 radical (unpaired) electrons. The zero-order valence-electron chi connectivity index (χ0n) is 10.0. The fourth-order valence-electron chi connectivity index (χ4n) is 2.58. The summed E-state index contributed by atoms with van der Waals surface area (Å²) in [6, 6.07) is 0. The number of rotatable bonds is 2. The van der Waals surface area contributed by atoms with Crippen LogP contribution in [0, 0.1) is 5.92 Å². The van der Waals surface area contributed by atoms with Crippen LogP contribution in [-0.2, 0) is 19.9 Å². The Bertz CT molecular complexity index is 482. The molecule has 7 heteroatoms. The van der Waals surface area contributed by atoms with E-state index in [1.54, 1.807) is 0 Å². The Balaban J connectivity index is 2.14. The zero-order valence-corrected chi connectivity index (χ0v) is 11.6. The molecular formula is C10H19NO4S2. The summed E-state index contributed by atoms with van der Waals surface area (Å²) in [5.41, 5.74) is 0. The first kappa shape index (κ1) is 13.3. The number of hydrogen-bond donors (Lipinski definition) is 0. The standard InChI is InChI=1S/C10H19NO4S2/c1-9-3-2-5-11(7-9)17(14,15)10-4-6-16(12,13)8-10/h9-10H,2-8H2,1H3/t9-,10+/m1/s1. The molecular weight excluding hydrogens is 262 g/mol. The summed E-state index contributed by atoms with van der Waals surface area (Å²) in [7, 11) is -6.55. The molecule has 0 spiro atoms. The fraction of sp³-hybridized carbons (Fsp3) is 1.00. The van der Waals surface area contributed by atoms with Crippen molar-refractivity contribution in [2.24, 2.45) is 5.92 Å². The summed E-state index contributed by atoms with van der Waals surface area (Å²) in [5, 5.41) is -0.710. The lowest BCUT2D eigenvalue weighted by Gasteiger charge is -2.31. The van der Waals surface area contributed by atoms with Gasteiger partial charge in [-0.25, -0.2) is 21.1 Å². The van der Waals surface area contributed by atoms with Gasteiger partial charge in [-0.1, -0.05) is 6.92 Å². The fourth-order valence-corrected chi connectivity index (χ4v) is 7.27.